The number of nitrogens with two attached hydrogens (primary N) is 1. The number of hydrogen-bond donors (Lipinski definition) is 3. The summed E-state index contributed by atoms with van der Waals surface area (Å²) < 4.78 is 0. The maximum Gasteiger partial charge on any atom is 0.0790 e. The summed E-state index contributed by atoms with van der Waals surface area (Å²) >= 11 is 0. The zero-order valence-electron chi connectivity index (χ0n) is 11.6. The molecule has 1 saturated carbocycles. The maximum atomic E-state index is 11.3. The molecule has 1 aliphatic carbocycles. The average molecular weight is 240 g/mol. The molecule has 0 spiro atoms. The number of hydrogen-bond acceptors (Lipinski definition) is 3. The zero-order chi connectivity index (χ0) is 12.7. The van der Waals surface area contributed by atoms with Gasteiger partial charge in [0.15, 0.2) is 0 Å². The van der Waals surface area contributed by atoms with Gasteiger partial charge in [0.1, 0.15) is 0 Å². The fourth-order valence-electron chi connectivity index (χ4n) is 4.26. The molecule has 2 aliphatic rings. The van der Waals surface area contributed by atoms with Crippen LogP contribution >= 0.6 is 0 Å². The fraction of sp³-hybridized carbons (Fsp3) is 1.00. The van der Waals surface area contributed by atoms with E-state index >= 15 is 0 Å². The van der Waals surface area contributed by atoms with E-state index in [0.29, 0.717) is 12.5 Å². The van der Waals surface area contributed by atoms with Crippen LogP contribution in [0.3, 0.4) is 0 Å². The summed E-state index contributed by atoms with van der Waals surface area (Å²) in [6.45, 7) is 9.07. The Kier molecular flexibility index (Phi) is 3.30. The van der Waals surface area contributed by atoms with E-state index < -0.39 is 5.60 Å². The van der Waals surface area contributed by atoms with Crippen LogP contribution in [0.4, 0.5) is 0 Å². The van der Waals surface area contributed by atoms with Gasteiger partial charge in [-0.2, -0.15) is 0 Å². The second kappa shape index (κ2) is 4.22. The molecule has 0 aromatic rings. The van der Waals surface area contributed by atoms with Gasteiger partial charge in [-0.05, 0) is 31.7 Å². The molecule has 2 rings (SSSR count). The quantitative estimate of drug-likeness (QED) is 0.685. The molecule has 0 amide bonds. The Morgan fingerprint density at radius 2 is 2.06 bits per heavy atom. The van der Waals surface area contributed by atoms with Gasteiger partial charge in [-0.3, -0.25) is 0 Å². The summed E-state index contributed by atoms with van der Waals surface area (Å²) in [7, 11) is 0. The van der Waals surface area contributed by atoms with Crippen molar-refractivity contribution in [3.05, 3.63) is 0 Å². The highest BCUT2D eigenvalue weighted by atomic mass is 16.3. The highest BCUT2D eigenvalue weighted by Gasteiger charge is 2.59. The normalized spacial score (nSPS) is 46.1. The summed E-state index contributed by atoms with van der Waals surface area (Å²) in [6, 6.07) is 0. The molecule has 3 unspecified atom stereocenters. The van der Waals surface area contributed by atoms with Crippen molar-refractivity contribution in [2.24, 2.45) is 22.5 Å². The molecule has 2 fully saturated rings. The van der Waals surface area contributed by atoms with Gasteiger partial charge >= 0.3 is 0 Å². The highest BCUT2D eigenvalue weighted by Crippen LogP contribution is 2.56. The smallest absolute Gasteiger partial charge is 0.0790 e. The fourth-order valence-corrected chi connectivity index (χ4v) is 4.26. The third-order valence-corrected chi connectivity index (χ3v) is 5.47. The molecule has 17 heavy (non-hydrogen) atoms. The van der Waals surface area contributed by atoms with Gasteiger partial charge in [0.25, 0.3) is 0 Å². The highest BCUT2D eigenvalue weighted by molar-refractivity contribution is 5.12. The van der Waals surface area contributed by atoms with E-state index in [4.69, 9.17) is 5.73 Å². The second-order valence-electron chi connectivity index (χ2n) is 7.00. The van der Waals surface area contributed by atoms with Crippen molar-refractivity contribution >= 4 is 0 Å². The first kappa shape index (κ1) is 13.3. The molecule has 3 atom stereocenters. The van der Waals surface area contributed by atoms with Gasteiger partial charge in [0.2, 0.25) is 0 Å². The van der Waals surface area contributed by atoms with Gasteiger partial charge in [-0.15, -0.1) is 0 Å². The molecule has 3 nitrogen and oxygen atoms in total. The SMILES string of the molecule is CC1CCC(CN)(C2(O)CCNCC2(C)C)C1. The third kappa shape index (κ3) is 1.83. The molecule has 1 heterocycles. The Morgan fingerprint density at radius 1 is 1.35 bits per heavy atom. The number of rotatable bonds is 2. The van der Waals surface area contributed by atoms with Crippen molar-refractivity contribution < 1.29 is 5.11 Å². The topological polar surface area (TPSA) is 58.3 Å². The van der Waals surface area contributed by atoms with Crippen molar-refractivity contribution in [2.45, 2.75) is 52.1 Å². The molecule has 1 aliphatic heterocycles. The van der Waals surface area contributed by atoms with Crippen LogP contribution in [-0.4, -0.2) is 30.3 Å². The minimum absolute atomic E-state index is 0.0575. The zero-order valence-corrected chi connectivity index (χ0v) is 11.6. The first-order chi connectivity index (χ1) is 7.87. The van der Waals surface area contributed by atoms with E-state index in [1.54, 1.807) is 0 Å². The lowest BCUT2D eigenvalue weighted by Gasteiger charge is -2.56. The lowest BCUT2D eigenvalue weighted by molar-refractivity contribution is -0.174. The minimum Gasteiger partial charge on any atom is -0.389 e. The lowest BCUT2D eigenvalue weighted by atomic mass is 9.55. The van der Waals surface area contributed by atoms with E-state index in [-0.39, 0.29) is 10.8 Å². The van der Waals surface area contributed by atoms with Crippen LogP contribution in [0.1, 0.15) is 46.5 Å². The van der Waals surface area contributed by atoms with E-state index in [2.05, 4.69) is 26.1 Å². The molecule has 0 bridgehead atoms. The Labute approximate surface area is 105 Å². The number of piperidine rings is 1. The van der Waals surface area contributed by atoms with Gasteiger partial charge in [0.05, 0.1) is 5.60 Å². The molecule has 3 heteroatoms. The van der Waals surface area contributed by atoms with Crippen molar-refractivity contribution in [1.82, 2.24) is 5.32 Å². The Hall–Kier alpha value is -0.120. The van der Waals surface area contributed by atoms with Gasteiger partial charge in [0, 0.05) is 23.9 Å². The summed E-state index contributed by atoms with van der Waals surface area (Å²) in [5.74, 6) is 0.702. The van der Waals surface area contributed by atoms with Crippen molar-refractivity contribution in [3.8, 4) is 0 Å². The summed E-state index contributed by atoms with van der Waals surface area (Å²) in [5.41, 5.74) is 5.34. The van der Waals surface area contributed by atoms with Crippen LogP contribution in [0.25, 0.3) is 0 Å². The van der Waals surface area contributed by atoms with Crippen molar-refractivity contribution in [2.75, 3.05) is 19.6 Å². The molecule has 1 saturated heterocycles. The van der Waals surface area contributed by atoms with Gasteiger partial charge in [-0.1, -0.05) is 27.2 Å². The van der Waals surface area contributed by atoms with E-state index in [1.807, 2.05) is 0 Å². The summed E-state index contributed by atoms with van der Waals surface area (Å²) in [6.07, 6.45) is 4.22. The van der Waals surface area contributed by atoms with Crippen LogP contribution in [0, 0.1) is 16.7 Å². The van der Waals surface area contributed by atoms with E-state index in [0.717, 1.165) is 32.4 Å². The van der Waals surface area contributed by atoms with Crippen LogP contribution < -0.4 is 11.1 Å². The van der Waals surface area contributed by atoms with Crippen LogP contribution in [0.5, 0.6) is 0 Å². The predicted octanol–water partition coefficient (Wildman–Crippen LogP) is 1.50. The van der Waals surface area contributed by atoms with Crippen LogP contribution in [0.15, 0.2) is 0 Å². The molecule has 0 aromatic heterocycles. The Morgan fingerprint density at radius 3 is 2.53 bits per heavy atom. The molecule has 100 valence electrons. The second-order valence-corrected chi connectivity index (χ2v) is 7.00. The standard InChI is InChI=1S/C14H28N2O/c1-11-4-5-13(8-11,9-15)14(17)6-7-16-10-12(14,2)3/h11,16-17H,4-10,15H2,1-3H3. The van der Waals surface area contributed by atoms with E-state index in [1.165, 1.54) is 6.42 Å². The molecule has 0 radical (unpaired) electrons. The summed E-state index contributed by atoms with van der Waals surface area (Å²) in [4.78, 5) is 0. The lowest BCUT2D eigenvalue weighted by Crippen LogP contribution is -2.65. The average Bonchev–Trinajstić information content (AvgIpc) is 2.66. The first-order valence-corrected chi connectivity index (χ1v) is 7.00. The molecule has 4 N–H and O–H groups in total. The van der Waals surface area contributed by atoms with Gasteiger partial charge < -0.3 is 16.2 Å². The molecule has 0 aromatic carbocycles. The van der Waals surface area contributed by atoms with Gasteiger partial charge in [-0.25, -0.2) is 0 Å². The summed E-state index contributed by atoms with van der Waals surface area (Å²) in [5, 5.41) is 14.8. The molecular weight excluding hydrogens is 212 g/mol. The monoisotopic (exact) mass is 240 g/mol. The number of aliphatic hydroxyl groups is 1. The van der Waals surface area contributed by atoms with Crippen LogP contribution in [0.2, 0.25) is 0 Å². The third-order valence-electron chi connectivity index (χ3n) is 5.47. The molecular formula is C14H28N2O. The maximum absolute atomic E-state index is 11.3. The minimum atomic E-state index is -0.606. The predicted molar refractivity (Wildman–Crippen MR) is 70.7 cm³/mol. The Bertz CT molecular complexity index is 292. The van der Waals surface area contributed by atoms with Crippen molar-refractivity contribution in [3.63, 3.8) is 0 Å². The largest absolute Gasteiger partial charge is 0.389 e. The number of nitrogens with one attached hydrogen (secondary N) is 1. The first-order valence-electron chi connectivity index (χ1n) is 7.00. The van der Waals surface area contributed by atoms with Crippen molar-refractivity contribution in [1.29, 1.82) is 0 Å². The Balaban J connectivity index is 2.34. The van der Waals surface area contributed by atoms with E-state index in [9.17, 15) is 5.11 Å². The van der Waals surface area contributed by atoms with Crippen LogP contribution in [-0.2, 0) is 0 Å².